The number of unbranched alkanes of at least 4 members (excludes halogenated alkanes) is 10. The molecule has 14 nitrogen and oxygen atoms in total. The van der Waals surface area contributed by atoms with Gasteiger partial charge in [-0.05, 0) is 51.7 Å². The molecule has 19 heteroatoms. The first-order chi connectivity index (χ1) is 24.6. The van der Waals surface area contributed by atoms with Gasteiger partial charge in [0.05, 0.1) is 0 Å². The van der Waals surface area contributed by atoms with E-state index in [0.717, 1.165) is 38.5 Å². The van der Waals surface area contributed by atoms with Crippen molar-refractivity contribution in [2.24, 2.45) is 17.2 Å². The van der Waals surface area contributed by atoms with Crippen LogP contribution in [0.1, 0.15) is 110 Å². The van der Waals surface area contributed by atoms with Crippen molar-refractivity contribution in [3.8, 4) is 0 Å². The van der Waals surface area contributed by atoms with Gasteiger partial charge in [0.2, 0.25) is 0 Å². The summed E-state index contributed by atoms with van der Waals surface area (Å²) in [6.07, 6.45) is 14.9. The predicted molar refractivity (Wildman–Crippen MR) is 214 cm³/mol. The lowest BCUT2D eigenvalue weighted by Gasteiger charge is -2.45. The molecule has 0 aliphatic carbocycles. The molecule has 0 saturated heterocycles. The van der Waals surface area contributed by atoms with Crippen molar-refractivity contribution in [3.63, 3.8) is 0 Å². The smallest absolute Gasteiger partial charge is 0.378 e. The monoisotopic (exact) mass is 821 g/mol. The molecule has 6 N–H and O–H groups in total. The standard InChI is InChI=1S/C32H79N3O11Si5/c1-10-12-14-16-18-20-28-49(40-7,43-47(36-3,37-4)30-22-25-33)45-51(42-9,32-24-27-35)46-50(41-8,29-21-19-17-15-13-11-2)44-48(38-5,39-6)31-23-26-34/h10-35H2,1-9H3. The molecule has 308 valence electrons. The van der Waals surface area contributed by atoms with Gasteiger partial charge in [-0.3, -0.25) is 0 Å². The largest absolute Gasteiger partial charge is 0.493 e. The highest BCUT2D eigenvalue weighted by molar-refractivity contribution is 6.85. The Labute approximate surface area is 317 Å². The summed E-state index contributed by atoms with van der Waals surface area (Å²) in [6, 6.07) is 2.46. The second-order valence-corrected chi connectivity index (χ2v) is 28.4. The van der Waals surface area contributed by atoms with Gasteiger partial charge in [0.25, 0.3) is 0 Å². The Kier molecular flexibility index (Phi) is 30.1. The molecule has 0 saturated carbocycles. The number of hydrogen-bond donors (Lipinski definition) is 3. The zero-order valence-corrected chi connectivity index (χ0v) is 39.0. The fraction of sp³-hybridized carbons (Fsp3) is 1.00. The Morgan fingerprint density at radius 2 is 0.510 bits per heavy atom. The molecular formula is C32H79N3O11Si5. The van der Waals surface area contributed by atoms with Crippen molar-refractivity contribution in [1.29, 1.82) is 0 Å². The van der Waals surface area contributed by atoms with Crippen molar-refractivity contribution >= 4 is 44.0 Å². The summed E-state index contributed by atoms with van der Waals surface area (Å²) in [7, 11) is -6.35. The molecule has 2 atom stereocenters. The van der Waals surface area contributed by atoms with Crippen LogP contribution in [-0.4, -0.2) is 113 Å². The molecule has 0 fully saturated rings. The first kappa shape index (κ1) is 51.5. The summed E-state index contributed by atoms with van der Waals surface area (Å²) in [5, 5.41) is 0. The Balaban J connectivity index is 7.14. The summed E-state index contributed by atoms with van der Waals surface area (Å²) in [6.45, 7) is 5.76. The first-order valence-corrected chi connectivity index (χ1v) is 29.0. The number of nitrogens with two attached hydrogens (primary N) is 3. The van der Waals surface area contributed by atoms with Crippen LogP contribution in [0.2, 0.25) is 30.2 Å². The summed E-state index contributed by atoms with van der Waals surface area (Å²) in [5.74, 6) is 0. The Morgan fingerprint density at radius 1 is 0.294 bits per heavy atom. The van der Waals surface area contributed by atoms with E-state index in [9.17, 15) is 0 Å². The molecule has 0 aromatic rings. The van der Waals surface area contributed by atoms with Gasteiger partial charge in [-0.1, -0.05) is 78.1 Å². The van der Waals surface area contributed by atoms with Crippen LogP contribution in [0.3, 0.4) is 0 Å². The summed E-state index contributed by atoms with van der Waals surface area (Å²) in [4.78, 5) is 0. The Morgan fingerprint density at radius 3 is 0.765 bits per heavy atom. The quantitative estimate of drug-likeness (QED) is 0.0485. The molecule has 0 amide bonds. The fourth-order valence-electron chi connectivity index (χ4n) is 5.92. The Hall–Kier alpha value is 0.524. The van der Waals surface area contributed by atoms with E-state index in [1.54, 1.807) is 49.8 Å². The van der Waals surface area contributed by atoms with Gasteiger partial charge >= 0.3 is 44.0 Å². The zero-order valence-electron chi connectivity index (χ0n) is 34.0. The van der Waals surface area contributed by atoms with Crippen LogP contribution >= 0.6 is 0 Å². The van der Waals surface area contributed by atoms with Gasteiger partial charge in [0.1, 0.15) is 0 Å². The van der Waals surface area contributed by atoms with Gasteiger partial charge in [-0.15, -0.1) is 0 Å². The lowest BCUT2D eigenvalue weighted by molar-refractivity contribution is 0.0551. The predicted octanol–water partition coefficient (Wildman–Crippen LogP) is 6.04. The molecule has 0 aromatic heterocycles. The van der Waals surface area contributed by atoms with E-state index in [1.165, 1.54) is 38.5 Å². The van der Waals surface area contributed by atoms with Crippen LogP contribution in [0.25, 0.3) is 0 Å². The van der Waals surface area contributed by atoms with Gasteiger partial charge < -0.3 is 64.6 Å². The number of rotatable bonds is 38. The minimum atomic E-state index is -3.76. The van der Waals surface area contributed by atoms with Crippen molar-refractivity contribution in [2.45, 2.75) is 140 Å². The van der Waals surface area contributed by atoms with Gasteiger partial charge in [0.15, 0.2) is 0 Å². The highest BCUT2D eigenvalue weighted by atomic mass is 28.5. The normalized spacial score (nSPS) is 16.2. The SMILES string of the molecule is CCCCCCCC[Si](OC)(O[Si](CCCN)(OC)OC)O[Si](CCCN)(OC)O[Si](CCCCCCCC)(OC)O[Si](CCCN)(OC)OC. The van der Waals surface area contributed by atoms with E-state index in [4.69, 9.17) is 64.6 Å². The third-order valence-corrected chi connectivity index (χ3v) is 28.3. The van der Waals surface area contributed by atoms with Crippen molar-refractivity contribution in [1.82, 2.24) is 0 Å². The molecule has 0 aromatic carbocycles. The van der Waals surface area contributed by atoms with Crippen LogP contribution in [0.15, 0.2) is 0 Å². The van der Waals surface area contributed by atoms with Gasteiger partial charge in [0, 0.05) is 80.0 Å². The maximum atomic E-state index is 7.24. The molecular weight excluding hydrogens is 743 g/mol. The molecule has 0 rings (SSSR count). The lowest BCUT2D eigenvalue weighted by atomic mass is 10.1. The van der Waals surface area contributed by atoms with Crippen molar-refractivity contribution in [3.05, 3.63) is 0 Å². The van der Waals surface area contributed by atoms with Crippen molar-refractivity contribution in [2.75, 3.05) is 69.4 Å². The van der Waals surface area contributed by atoms with Gasteiger partial charge in [-0.25, -0.2) is 0 Å². The van der Waals surface area contributed by atoms with Crippen LogP contribution in [0, 0.1) is 0 Å². The van der Waals surface area contributed by atoms with E-state index in [0.29, 0.717) is 69.1 Å². The molecule has 0 bridgehead atoms. The van der Waals surface area contributed by atoms with Crippen LogP contribution in [0.5, 0.6) is 0 Å². The molecule has 0 aliphatic heterocycles. The zero-order chi connectivity index (χ0) is 38.5. The van der Waals surface area contributed by atoms with E-state index < -0.39 is 44.0 Å². The number of hydrogen-bond acceptors (Lipinski definition) is 14. The topological polar surface area (TPSA) is 180 Å². The van der Waals surface area contributed by atoms with E-state index in [1.807, 2.05) is 0 Å². The third kappa shape index (κ3) is 19.3. The Bertz CT molecular complexity index is 773. The molecule has 0 heterocycles. The van der Waals surface area contributed by atoms with E-state index >= 15 is 0 Å². The molecule has 51 heavy (non-hydrogen) atoms. The first-order valence-electron chi connectivity index (χ1n) is 19.3. The summed E-state index contributed by atoms with van der Waals surface area (Å²) < 4.78 is 71.7. The highest BCUT2D eigenvalue weighted by Gasteiger charge is 2.63. The fourth-order valence-corrected chi connectivity index (χ4v) is 26.8. The molecule has 0 aliphatic rings. The van der Waals surface area contributed by atoms with Crippen LogP contribution < -0.4 is 17.2 Å². The molecule has 0 radical (unpaired) electrons. The van der Waals surface area contributed by atoms with E-state index in [2.05, 4.69) is 13.8 Å². The summed E-state index contributed by atoms with van der Waals surface area (Å²) in [5.41, 5.74) is 18.0. The average Bonchev–Trinajstić information content (AvgIpc) is 3.16. The minimum absolute atomic E-state index is 0.393. The summed E-state index contributed by atoms with van der Waals surface area (Å²) >= 11 is 0. The van der Waals surface area contributed by atoms with E-state index in [-0.39, 0.29) is 0 Å². The van der Waals surface area contributed by atoms with Crippen LogP contribution in [0.4, 0.5) is 0 Å². The maximum Gasteiger partial charge on any atom is 0.493 e. The molecule has 2 unspecified atom stereocenters. The highest BCUT2D eigenvalue weighted by Crippen LogP contribution is 2.37. The lowest BCUT2D eigenvalue weighted by Crippen LogP contribution is -2.68. The maximum absolute atomic E-state index is 7.24. The van der Waals surface area contributed by atoms with Crippen LogP contribution in [-0.2, 0) is 47.4 Å². The molecule has 0 spiro atoms. The van der Waals surface area contributed by atoms with Gasteiger partial charge in [-0.2, -0.15) is 0 Å². The minimum Gasteiger partial charge on any atom is -0.378 e. The second kappa shape index (κ2) is 29.8. The van der Waals surface area contributed by atoms with Crippen molar-refractivity contribution < 1.29 is 47.4 Å². The second-order valence-electron chi connectivity index (χ2n) is 13.0. The average molecular weight is 822 g/mol. The third-order valence-electron chi connectivity index (χ3n) is 9.16.